The second kappa shape index (κ2) is 8.01. The Morgan fingerprint density at radius 1 is 1.03 bits per heavy atom. The van der Waals surface area contributed by atoms with Crippen LogP contribution < -0.4 is 22.0 Å². The largest absolute Gasteiger partial charge is 0.344 e. The molecule has 1 aliphatic heterocycles. The highest BCUT2D eigenvalue weighted by Crippen LogP contribution is 2.22. The van der Waals surface area contributed by atoms with E-state index in [1.165, 1.54) is 26.2 Å². The van der Waals surface area contributed by atoms with E-state index >= 15 is 0 Å². The zero-order valence-electron chi connectivity index (χ0n) is 18.3. The summed E-state index contributed by atoms with van der Waals surface area (Å²) in [6.45, 7) is 1.60. The number of carbonyl (C=O) groups is 3. The smallest absolute Gasteiger partial charge is 0.322 e. The van der Waals surface area contributed by atoms with Gasteiger partial charge in [0, 0.05) is 14.1 Å². The van der Waals surface area contributed by atoms with Gasteiger partial charge in [0.05, 0.1) is 5.39 Å². The predicted molar refractivity (Wildman–Crippen MR) is 118 cm³/mol. The number of nitrogens with zero attached hydrogens (tertiary/aromatic N) is 4. The number of benzene rings is 1. The summed E-state index contributed by atoms with van der Waals surface area (Å²) in [7, 11) is 2.77. The van der Waals surface area contributed by atoms with Gasteiger partial charge in [-0.15, -0.1) is 0 Å². The van der Waals surface area contributed by atoms with E-state index in [4.69, 9.17) is 0 Å². The van der Waals surface area contributed by atoms with Crippen molar-refractivity contribution >= 4 is 28.9 Å². The fraction of sp³-hybridized carbons (Fsp3) is 0.273. The maximum atomic E-state index is 12.9. The van der Waals surface area contributed by atoms with E-state index in [-0.39, 0.29) is 16.7 Å². The van der Waals surface area contributed by atoms with E-state index in [2.05, 4.69) is 15.7 Å². The molecule has 3 heterocycles. The fourth-order valence-corrected chi connectivity index (χ4v) is 3.73. The van der Waals surface area contributed by atoms with Crippen LogP contribution in [0.1, 0.15) is 29.4 Å². The average Bonchev–Trinajstić information content (AvgIpc) is 3.03. The Balaban J connectivity index is 1.55. The van der Waals surface area contributed by atoms with Crippen molar-refractivity contribution in [1.29, 1.82) is 0 Å². The molecule has 2 aromatic heterocycles. The number of imide groups is 1. The van der Waals surface area contributed by atoms with Gasteiger partial charge >= 0.3 is 11.7 Å². The molecule has 4 amide bonds. The number of hydrazine groups is 1. The molecule has 1 aliphatic rings. The van der Waals surface area contributed by atoms with Gasteiger partial charge in [0.2, 0.25) is 0 Å². The van der Waals surface area contributed by atoms with Crippen molar-refractivity contribution in [3.8, 4) is 0 Å². The Morgan fingerprint density at radius 3 is 2.42 bits per heavy atom. The maximum absolute atomic E-state index is 12.9. The first-order chi connectivity index (χ1) is 15.6. The standard InChI is InChI=1S/C22H22N6O5/c1-22(12-11-13-7-5-4-6-8-13)19(31)28(20(32)24-22)25-17(29)15-10-9-14-16(23-15)26(2)21(33)27(3)18(14)30/h4-10H,11-12H2,1-3H3,(H,24,32)(H,25,29). The molecular formula is C22H22N6O5. The highest BCUT2D eigenvalue weighted by Gasteiger charge is 2.48. The number of aryl methyl sites for hydroxylation is 2. The lowest BCUT2D eigenvalue weighted by atomic mass is 9.93. The van der Waals surface area contributed by atoms with Gasteiger partial charge in [0.1, 0.15) is 16.9 Å². The summed E-state index contributed by atoms with van der Waals surface area (Å²) in [4.78, 5) is 66.7. The van der Waals surface area contributed by atoms with Crippen molar-refractivity contribution in [3.63, 3.8) is 0 Å². The Morgan fingerprint density at radius 2 is 1.73 bits per heavy atom. The molecule has 170 valence electrons. The number of urea groups is 1. The molecule has 1 fully saturated rings. The zero-order valence-corrected chi connectivity index (χ0v) is 18.3. The third kappa shape index (κ3) is 3.77. The molecule has 0 bridgehead atoms. The number of amides is 4. The fourth-order valence-electron chi connectivity index (χ4n) is 3.73. The maximum Gasteiger partial charge on any atom is 0.344 e. The number of carbonyl (C=O) groups excluding carboxylic acids is 3. The molecule has 33 heavy (non-hydrogen) atoms. The summed E-state index contributed by atoms with van der Waals surface area (Å²) in [5.74, 6) is -1.43. The van der Waals surface area contributed by atoms with Crippen LogP contribution in [-0.2, 0) is 25.3 Å². The second-order valence-electron chi connectivity index (χ2n) is 8.10. The molecular weight excluding hydrogens is 428 g/mol. The molecule has 4 rings (SSSR count). The quantitative estimate of drug-likeness (QED) is 0.534. The van der Waals surface area contributed by atoms with E-state index < -0.39 is 34.6 Å². The van der Waals surface area contributed by atoms with Gasteiger partial charge in [-0.2, -0.15) is 5.01 Å². The molecule has 11 nitrogen and oxygen atoms in total. The Labute approximate surface area is 187 Å². The van der Waals surface area contributed by atoms with Gasteiger partial charge < -0.3 is 5.32 Å². The molecule has 1 saturated heterocycles. The summed E-state index contributed by atoms with van der Waals surface area (Å²) >= 11 is 0. The third-order valence-electron chi connectivity index (χ3n) is 5.77. The number of hydrogen-bond donors (Lipinski definition) is 2. The minimum absolute atomic E-state index is 0.0145. The van der Waals surface area contributed by atoms with Crippen molar-refractivity contribution < 1.29 is 14.4 Å². The van der Waals surface area contributed by atoms with Crippen LogP contribution in [0.4, 0.5) is 4.79 Å². The number of pyridine rings is 1. The van der Waals surface area contributed by atoms with Crippen LogP contribution in [0.2, 0.25) is 0 Å². The van der Waals surface area contributed by atoms with E-state index in [1.807, 2.05) is 30.3 Å². The highest BCUT2D eigenvalue weighted by molar-refractivity contribution is 6.09. The van der Waals surface area contributed by atoms with Crippen molar-refractivity contribution in [2.24, 2.45) is 14.1 Å². The van der Waals surface area contributed by atoms with Crippen molar-refractivity contribution in [1.82, 2.24) is 29.9 Å². The van der Waals surface area contributed by atoms with Crippen LogP contribution in [0.3, 0.4) is 0 Å². The van der Waals surface area contributed by atoms with E-state index in [0.717, 1.165) is 14.7 Å². The second-order valence-corrected chi connectivity index (χ2v) is 8.10. The number of nitrogens with one attached hydrogen (secondary N) is 2. The van der Waals surface area contributed by atoms with Gasteiger partial charge in [-0.25, -0.2) is 14.6 Å². The Bertz CT molecular complexity index is 1410. The molecule has 0 aliphatic carbocycles. The lowest BCUT2D eigenvalue weighted by Gasteiger charge is -2.21. The Hall–Kier alpha value is -4.28. The molecule has 0 saturated carbocycles. The molecule has 0 radical (unpaired) electrons. The van der Waals surface area contributed by atoms with Crippen molar-refractivity contribution in [2.45, 2.75) is 25.3 Å². The lowest BCUT2D eigenvalue weighted by molar-refractivity contribution is -0.132. The first kappa shape index (κ1) is 21.9. The summed E-state index contributed by atoms with van der Waals surface area (Å²) < 4.78 is 2.08. The van der Waals surface area contributed by atoms with Gasteiger partial charge in [-0.3, -0.25) is 28.9 Å². The van der Waals surface area contributed by atoms with Crippen LogP contribution in [0.25, 0.3) is 11.0 Å². The minimum Gasteiger partial charge on any atom is -0.322 e. The highest BCUT2D eigenvalue weighted by atomic mass is 16.2. The summed E-state index contributed by atoms with van der Waals surface area (Å²) in [6.07, 6.45) is 0.897. The number of fused-ring (bicyclic) bond motifs is 1. The zero-order chi connectivity index (χ0) is 23.9. The molecule has 1 aromatic carbocycles. The Kier molecular flexibility index (Phi) is 5.32. The SMILES string of the molecule is Cn1c(=O)c2ccc(C(=O)NN3C(=O)NC(C)(CCc4ccccc4)C3=O)nc2n(C)c1=O. The molecule has 11 heteroatoms. The first-order valence-corrected chi connectivity index (χ1v) is 10.2. The van der Waals surface area contributed by atoms with Gasteiger partial charge in [0.15, 0.2) is 0 Å². The van der Waals surface area contributed by atoms with Crippen molar-refractivity contribution in [2.75, 3.05) is 0 Å². The molecule has 3 aromatic rings. The van der Waals surface area contributed by atoms with E-state index in [0.29, 0.717) is 17.9 Å². The predicted octanol–water partition coefficient (Wildman–Crippen LogP) is 0.220. The van der Waals surface area contributed by atoms with Crippen LogP contribution in [-0.4, -0.2) is 42.5 Å². The molecule has 1 atom stereocenters. The van der Waals surface area contributed by atoms with Gasteiger partial charge in [0.25, 0.3) is 17.4 Å². The molecule has 1 unspecified atom stereocenters. The first-order valence-electron chi connectivity index (χ1n) is 10.2. The summed E-state index contributed by atoms with van der Waals surface area (Å²) in [6, 6.07) is 11.4. The average molecular weight is 450 g/mol. The normalized spacial score (nSPS) is 18.0. The van der Waals surface area contributed by atoms with Crippen molar-refractivity contribution in [3.05, 3.63) is 74.6 Å². The summed E-state index contributed by atoms with van der Waals surface area (Å²) in [5, 5.41) is 3.41. The summed E-state index contributed by atoms with van der Waals surface area (Å²) in [5.41, 5.74) is 0.809. The number of hydrogen-bond acceptors (Lipinski definition) is 6. The van der Waals surface area contributed by atoms with Crippen LogP contribution in [0, 0.1) is 0 Å². The number of aromatic nitrogens is 3. The monoisotopic (exact) mass is 450 g/mol. The lowest BCUT2D eigenvalue weighted by Crippen LogP contribution is -2.49. The van der Waals surface area contributed by atoms with E-state index in [9.17, 15) is 24.0 Å². The van der Waals surface area contributed by atoms with Gasteiger partial charge in [-0.1, -0.05) is 30.3 Å². The van der Waals surface area contributed by atoms with E-state index in [1.54, 1.807) is 6.92 Å². The number of rotatable bonds is 5. The third-order valence-corrected chi connectivity index (χ3v) is 5.77. The van der Waals surface area contributed by atoms with Gasteiger partial charge in [-0.05, 0) is 37.5 Å². The minimum atomic E-state index is -1.19. The van der Waals surface area contributed by atoms with Crippen LogP contribution >= 0.6 is 0 Å². The molecule has 2 N–H and O–H groups in total. The molecule has 0 spiro atoms. The van der Waals surface area contributed by atoms with Crippen LogP contribution in [0.15, 0.2) is 52.1 Å². The van der Waals surface area contributed by atoms with Crippen LogP contribution in [0.5, 0.6) is 0 Å². The topological polar surface area (TPSA) is 135 Å².